The zero-order valence-electron chi connectivity index (χ0n) is 23.2. The Hall–Kier alpha value is -0.940. The lowest BCUT2D eigenvalue weighted by Crippen LogP contribution is -2.67. The van der Waals surface area contributed by atoms with E-state index in [4.69, 9.17) is 4.74 Å². The van der Waals surface area contributed by atoms with Gasteiger partial charge in [0.1, 0.15) is 11.2 Å². The second-order valence-electron chi connectivity index (χ2n) is 14.1. The minimum absolute atomic E-state index is 0.0118. The standard InChI is InChI=1S/C30H50O5/c1-18(8-9-19(2)27(4,5)35-20(3)31)23-10-11-24-22-16-26(33)30(34)17-21(32)12-15-29(30,7)25(22)13-14-28(23,24)6/h18-19,21-25,32,34H,8-17H2,1-7H3/t18-,19+,21+,22+,23-,24-,25+,28-,29-,30+/m1/s1. The molecule has 0 bridgehead atoms. The number of aliphatic hydroxyl groups is 2. The van der Waals surface area contributed by atoms with E-state index < -0.39 is 22.7 Å². The van der Waals surface area contributed by atoms with E-state index in [1.165, 1.54) is 26.2 Å². The number of Topliss-reactive ketones (excluding diaryl/α,β-unsaturated/α-hetero) is 1. The highest BCUT2D eigenvalue weighted by molar-refractivity contribution is 5.89. The van der Waals surface area contributed by atoms with E-state index in [2.05, 4.69) is 27.7 Å². The Morgan fingerprint density at radius 3 is 2.43 bits per heavy atom. The first-order chi connectivity index (χ1) is 16.2. The zero-order valence-corrected chi connectivity index (χ0v) is 23.2. The molecule has 4 saturated carbocycles. The van der Waals surface area contributed by atoms with Crippen molar-refractivity contribution in [2.75, 3.05) is 0 Å². The molecular formula is C30H50O5. The number of ether oxygens (including phenoxy) is 1. The van der Waals surface area contributed by atoms with Crippen molar-refractivity contribution in [3.05, 3.63) is 0 Å². The summed E-state index contributed by atoms with van der Waals surface area (Å²) in [6.45, 7) is 14.8. The summed E-state index contributed by atoms with van der Waals surface area (Å²) in [6.07, 6.45) is 8.41. The predicted octanol–water partition coefficient (Wildman–Crippen LogP) is 5.69. The first-order valence-electron chi connectivity index (χ1n) is 14.3. The Morgan fingerprint density at radius 1 is 1.09 bits per heavy atom. The Bertz CT molecular complexity index is 837. The number of esters is 1. The van der Waals surface area contributed by atoms with Gasteiger partial charge in [0.15, 0.2) is 5.78 Å². The van der Waals surface area contributed by atoms with Gasteiger partial charge in [0.2, 0.25) is 0 Å². The number of carbonyl (C=O) groups is 2. The van der Waals surface area contributed by atoms with Crippen LogP contribution in [0.1, 0.15) is 113 Å². The molecule has 4 aliphatic carbocycles. The minimum Gasteiger partial charge on any atom is -0.460 e. The number of rotatable bonds is 6. The lowest BCUT2D eigenvalue weighted by atomic mass is 9.42. The molecule has 4 aliphatic rings. The van der Waals surface area contributed by atoms with Gasteiger partial charge in [-0.1, -0.05) is 34.1 Å². The van der Waals surface area contributed by atoms with Crippen molar-refractivity contribution in [2.24, 2.45) is 46.3 Å². The fourth-order valence-corrected chi connectivity index (χ4v) is 9.53. The van der Waals surface area contributed by atoms with Crippen LogP contribution in [0.5, 0.6) is 0 Å². The molecule has 0 saturated heterocycles. The molecule has 5 heteroatoms. The molecule has 0 aromatic heterocycles. The lowest BCUT2D eigenvalue weighted by molar-refractivity contribution is -0.213. The Kier molecular flexibility index (Phi) is 7.06. The maximum absolute atomic E-state index is 13.4. The number of aliphatic hydroxyl groups excluding tert-OH is 1. The summed E-state index contributed by atoms with van der Waals surface area (Å²) in [7, 11) is 0. The van der Waals surface area contributed by atoms with Crippen molar-refractivity contribution in [3.63, 3.8) is 0 Å². The average Bonchev–Trinajstić information content (AvgIpc) is 3.10. The average molecular weight is 491 g/mol. The molecule has 0 amide bonds. The Balaban J connectivity index is 1.47. The molecule has 0 aromatic carbocycles. The summed E-state index contributed by atoms with van der Waals surface area (Å²) >= 11 is 0. The van der Waals surface area contributed by atoms with Crippen LogP contribution < -0.4 is 0 Å². The van der Waals surface area contributed by atoms with Crippen LogP contribution in [0.4, 0.5) is 0 Å². The molecule has 35 heavy (non-hydrogen) atoms. The van der Waals surface area contributed by atoms with Crippen LogP contribution in [-0.2, 0) is 14.3 Å². The molecule has 2 N–H and O–H groups in total. The second kappa shape index (κ2) is 9.11. The molecule has 0 aliphatic heterocycles. The highest BCUT2D eigenvalue weighted by Crippen LogP contribution is 2.68. The zero-order chi connectivity index (χ0) is 26.0. The van der Waals surface area contributed by atoms with Gasteiger partial charge in [0, 0.05) is 25.2 Å². The fourth-order valence-electron chi connectivity index (χ4n) is 9.53. The van der Waals surface area contributed by atoms with E-state index in [1.807, 2.05) is 13.8 Å². The summed E-state index contributed by atoms with van der Waals surface area (Å²) < 4.78 is 5.59. The highest BCUT2D eigenvalue weighted by atomic mass is 16.6. The summed E-state index contributed by atoms with van der Waals surface area (Å²) in [4.78, 5) is 24.9. The minimum atomic E-state index is -1.35. The maximum Gasteiger partial charge on any atom is 0.303 e. The van der Waals surface area contributed by atoms with Crippen molar-refractivity contribution < 1.29 is 24.5 Å². The number of ketones is 1. The van der Waals surface area contributed by atoms with Crippen LogP contribution >= 0.6 is 0 Å². The number of fused-ring (bicyclic) bond motifs is 5. The summed E-state index contributed by atoms with van der Waals surface area (Å²) in [6, 6.07) is 0. The molecule has 4 rings (SSSR count). The number of hydrogen-bond donors (Lipinski definition) is 2. The molecule has 200 valence electrons. The molecule has 4 fully saturated rings. The molecule has 0 aromatic rings. The summed E-state index contributed by atoms with van der Waals surface area (Å²) in [5.41, 5.74) is -1.96. The van der Waals surface area contributed by atoms with Gasteiger partial charge in [-0.05, 0) is 99.7 Å². The quantitative estimate of drug-likeness (QED) is 0.467. The van der Waals surface area contributed by atoms with Crippen LogP contribution in [0.3, 0.4) is 0 Å². The van der Waals surface area contributed by atoms with Crippen LogP contribution in [0.25, 0.3) is 0 Å². The summed E-state index contributed by atoms with van der Waals surface area (Å²) in [5.74, 6) is 2.58. The third-order valence-electron chi connectivity index (χ3n) is 12.0. The van der Waals surface area contributed by atoms with Crippen molar-refractivity contribution in [2.45, 2.75) is 130 Å². The maximum atomic E-state index is 13.4. The first kappa shape index (κ1) is 27.1. The third kappa shape index (κ3) is 4.31. The van der Waals surface area contributed by atoms with Gasteiger partial charge in [-0.2, -0.15) is 0 Å². The first-order valence-corrected chi connectivity index (χ1v) is 14.3. The smallest absolute Gasteiger partial charge is 0.303 e. The monoisotopic (exact) mass is 490 g/mol. The van der Waals surface area contributed by atoms with Crippen molar-refractivity contribution in [3.8, 4) is 0 Å². The van der Waals surface area contributed by atoms with E-state index in [0.717, 1.165) is 25.7 Å². The highest BCUT2D eigenvalue weighted by Gasteiger charge is 2.67. The topological polar surface area (TPSA) is 83.8 Å². The molecule has 0 spiro atoms. The molecule has 10 atom stereocenters. The van der Waals surface area contributed by atoms with Crippen LogP contribution in [0, 0.1) is 46.3 Å². The molecule has 0 radical (unpaired) electrons. The molecular weight excluding hydrogens is 440 g/mol. The normalized spacial score (nSPS) is 45.2. The van der Waals surface area contributed by atoms with Gasteiger partial charge in [0.05, 0.1) is 6.10 Å². The molecule has 0 heterocycles. The van der Waals surface area contributed by atoms with Gasteiger partial charge in [-0.25, -0.2) is 0 Å². The van der Waals surface area contributed by atoms with Crippen molar-refractivity contribution >= 4 is 11.8 Å². The van der Waals surface area contributed by atoms with Crippen LogP contribution in [0.2, 0.25) is 0 Å². The SMILES string of the molecule is CC(=O)OC(C)(C)[C@@H](C)CC[C@@H](C)[C@H]1CC[C@@H]2[C@@H]3CC(=O)[C@@]4(O)C[C@@H](O)CC[C@]4(C)[C@H]3CC[C@@]21C. The fraction of sp³-hybridized carbons (Fsp3) is 0.933. The summed E-state index contributed by atoms with van der Waals surface area (Å²) in [5, 5.41) is 21.8. The second-order valence-corrected chi connectivity index (χ2v) is 14.1. The van der Waals surface area contributed by atoms with Gasteiger partial charge in [-0.15, -0.1) is 0 Å². The van der Waals surface area contributed by atoms with E-state index in [9.17, 15) is 19.8 Å². The van der Waals surface area contributed by atoms with E-state index in [-0.39, 0.29) is 23.6 Å². The van der Waals surface area contributed by atoms with Crippen molar-refractivity contribution in [1.82, 2.24) is 0 Å². The van der Waals surface area contributed by atoms with Gasteiger partial charge < -0.3 is 14.9 Å². The Morgan fingerprint density at radius 2 is 1.77 bits per heavy atom. The molecule has 5 nitrogen and oxygen atoms in total. The van der Waals surface area contributed by atoms with Gasteiger partial charge in [-0.3, -0.25) is 9.59 Å². The van der Waals surface area contributed by atoms with Gasteiger partial charge in [0.25, 0.3) is 0 Å². The largest absolute Gasteiger partial charge is 0.460 e. The van der Waals surface area contributed by atoms with E-state index in [1.54, 1.807) is 0 Å². The Labute approximate surface area is 212 Å². The lowest BCUT2D eigenvalue weighted by Gasteiger charge is -2.63. The van der Waals surface area contributed by atoms with Gasteiger partial charge >= 0.3 is 5.97 Å². The van der Waals surface area contributed by atoms with Crippen molar-refractivity contribution in [1.29, 1.82) is 0 Å². The predicted molar refractivity (Wildman–Crippen MR) is 136 cm³/mol. The van der Waals surface area contributed by atoms with E-state index >= 15 is 0 Å². The van der Waals surface area contributed by atoms with E-state index in [0.29, 0.717) is 48.3 Å². The number of hydrogen-bond acceptors (Lipinski definition) is 5. The molecule has 0 unspecified atom stereocenters. The number of carbonyl (C=O) groups excluding carboxylic acids is 2. The van der Waals surface area contributed by atoms with Crippen LogP contribution in [-0.4, -0.2) is 39.3 Å². The third-order valence-corrected chi connectivity index (χ3v) is 12.0. The van der Waals surface area contributed by atoms with Crippen LogP contribution in [0.15, 0.2) is 0 Å².